The van der Waals surface area contributed by atoms with Crippen LogP contribution in [0.1, 0.15) is 68.2 Å². The number of nitrogens with one attached hydrogen (secondary N) is 3. The van der Waals surface area contributed by atoms with Crippen LogP contribution in [0.25, 0.3) is 0 Å². The molecule has 0 unspecified atom stereocenters. The van der Waals surface area contributed by atoms with Crippen LogP contribution in [-0.2, 0) is 13.0 Å². The second kappa shape index (κ2) is 6.63. The van der Waals surface area contributed by atoms with Crippen molar-refractivity contribution in [1.82, 2.24) is 20.8 Å². The van der Waals surface area contributed by atoms with Gasteiger partial charge in [0.1, 0.15) is 0 Å². The lowest BCUT2D eigenvalue weighted by Gasteiger charge is -2.37. The van der Waals surface area contributed by atoms with Gasteiger partial charge in [0, 0.05) is 37.3 Å². The van der Waals surface area contributed by atoms with Crippen LogP contribution in [0.3, 0.4) is 0 Å². The van der Waals surface area contributed by atoms with E-state index >= 15 is 0 Å². The number of rotatable bonds is 3. The number of amides is 1. The van der Waals surface area contributed by atoms with Crippen LogP contribution in [0.15, 0.2) is 0 Å². The summed E-state index contributed by atoms with van der Waals surface area (Å²) in [6.07, 6.45) is 5.94. The molecule has 128 valence electrons. The van der Waals surface area contributed by atoms with Gasteiger partial charge in [0.15, 0.2) is 5.69 Å². The van der Waals surface area contributed by atoms with E-state index in [2.05, 4.69) is 41.6 Å². The highest BCUT2D eigenvalue weighted by Gasteiger charge is 2.30. The van der Waals surface area contributed by atoms with E-state index in [0.29, 0.717) is 17.0 Å². The Hall–Kier alpha value is -1.36. The summed E-state index contributed by atoms with van der Waals surface area (Å²) in [5.41, 5.74) is 3.15. The molecule has 0 bridgehead atoms. The summed E-state index contributed by atoms with van der Waals surface area (Å²) in [6, 6.07) is 0. The third-order valence-electron chi connectivity index (χ3n) is 5.64. The molecule has 1 aromatic rings. The van der Waals surface area contributed by atoms with Crippen molar-refractivity contribution in [2.24, 2.45) is 17.3 Å². The van der Waals surface area contributed by atoms with Crippen molar-refractivity contribution in [3.8, 4) is 0 Å². The van der Waals surface area contributed by atoms with Gasteiger partial charge in [-0.05, 0) is 42.9 Å². The molecule has 5 nitrogen and oxygen atoms in total. The minimum absolute atomic E-state index is 0.0239. The maximum Gasteiger partial charge on any atom is 0.272 e. The van der Waals surface area contributed by atoms with Crippen molar-refractivity contribution in [2.75, 3.05) is 13.1 Å². The second-order valence-electron chi connectivity index (χ2n) is 8.25. The number of hydrogen-bond donors (Lipinski definition) is 3. The van der Waals surface area contributed by atoms with Crippen LogP contribution < -0.4 is 10.6 Å². The predicted octanol–water partition coefficient (Wildman–Crippen LogP) is 2.64. The fourth-order valence-electron chi connectivity index (χ4n) is 3.97. The summed E-state index contributed by atoms with van der Waals surface area (Å²) in [4.78, 5) is 12.4. The zero-order chi connectivity index (χ0) is 16.4. The number of carbonyl (C=O) groups is 1. The minimum Gasteiger partial charge on any atom is -0.350 e. The van der Waals surface area contributed by atoms with Gasteiger partial charge in [-0.3, -0.25) is 9.89 Å². The lowest BCUT2D eigenvalue weighted by atomic mass is 9.70. The number of fused-ring (bicyclic) bond motifs is 1. The van der Waals surface area contributed by atoms with Crippen LogP contribution in [0.2, 0.25) is 0 Å². The Bertz CT molecular complexity index is 550. The number of carbonyl (C=O) groups excluding carboxylic acids is 1. The van der Waals surface area contributed by atoms with Crippen molar-refractivity contribution < 1.29 is 4.79 Å². The number of aromatic nitrogens is 2. The summed E-state index contributed by atoms with van der Waals surface area (Å²) < 4.78 is 0. The van der Waals surface area contributed by atoms with Gasteiger partial charge in [-0.1, -0.05) is 20.8 Å². The first-order valence-corrected chi connectivity index (χ1v) is 9.00. The zero-order valence-electron chi connectivity index (χ0n) is 14.7. The van der Waals surface area contributed by atoms with E-state index in [1.807, 2.05) is 0 Å². The molecule has 1 aliphatic carbocycles. The number of nitrogens with zero attached hydrogens (tertiary/aromatic N) is 1. The topological polar surface area (TPSA) is 69.8 Å². The molecule has 1 aromatic heterocycles. The third-order valence-corrected chi connectivity index (χ3v) is 5.64. The molecule has 0 aromatic carbocycles. The number of H-pyrrole nitrogens is 1. The predicted molar refractivity (Wildman–Crippen MR) is 91.2 cm³/mol. The third kappa shape index (κ3) is 3.77. The van der Waals surface area contributed by atoms with Crippen LogP contribution in [-0.4, -0.2) is 29.2 Å². The Morgan fingerprint density at radius 1 is 1.26 bits per heavy atom. The van der Waals surface area contributed by atoms with Crippen LogP contribution in [0, 0.1) is 17.3 Å². The molecule has 1 fully saturated rings. The molecular weight excluding hydrogens is 288 g/mol. The van der Waals surface area contributed by atoms with Crippen LogP contribution in [0.4, 0.5) is 0 Å². The second-order valence-corrected chi connectivity index (χ2v) is 8.25. The SMILES string of the molecule is CC(C)(C)C1CCC(CNC(=O)c2n[nH]c3c2CNCC3)CC1. The van der Waals surface area contributed by atoms with Crippen LogP contribution >= 0.6 is 0 Å². The maximum absolute atomic E-state index is 12.4. The summed E-state index contributed by atoms with van der Waals surface area (Å²) in [5.74, 6) is 1.41. The van der Waals surface area contributed by atoms with E-state index in [1.165, 1.54) is 25.7 Å². The average Bonchev–Trinajstić information content (AvgIpc) is 2.96. The minimum atomic E-state index is -0.0239. The molecule has 0 saturated heterocycles. The highest BCUT2D eigenvalue weighted by Crippen LogP contribution is 2.39. The smallest absolute Gasteiger partial charge is 0.272 e. The molecule has 2 aliphatic rings. The zero-order valence-corrected chi connectivity index (χ0v) is 14.7. The summed E-state index contributed by atoms with van der Waals surface area (Å²) in [7, 11) is 0. The fourth-order valence-corrected chi connectivity index (χ4v) is 3.97. The molecule has 3 N–H and O–H groups in total. The van der Waals surface area contributed by atoms with E-state index in [4.69, 9.17) is 0 Å². The van der Waals surface area contributed by atoms with Crippen molar-refractivity contribution in [3.63, 3.8) is 0 Å². The van der Waals surface area contributed by atoms with Gasteiger partial charge in [-0.25, -0.2) is 0 Å². The molecule has 2 heterocycles. The van der Waals surface area contributed by atoms with Gasteiger partial charge in [-0.15, -0.1) is 0 Å². The summed E-state index contributed by atoms with van der Waals surface area (Å²) >= 11 is 0. The first-order chi connectivity index (χ1) is 10.9. The van der Waals surface area contributed by atoms with Crippen molar-refractivity contribution >= 4 is 5.91 Å². The first-order valence-electron chi connectivity index (χ1n) is 9.00. The van der Waals surface area contributed by atoms with Crippen molar-refractivity contribution in [3.05, 3.63) is 17.0 Å². The molecule has 1 amide bonds. The summed E-state index contributed by atoms with van der Waals surface area (Å²) in [6.45, 7) is 9.50. The Labute approximate surface area is 139 Å². The van der Waals surface area contributed by atoms with Crippen molar-refractivity contribution in [2.45, 2.75) is 59.4 Å². The highest BCUT2D eigenvalue weighted by molar-refractivity contribution is 5.94. The Morgan fingerprint density at radius 3 is 2.70 bits per heavy atom. The van der Waals surface area contributed by atoms with E-state index in [1.54, 1.807) is 0 Å². The van der Waals surface area contributed by atoms with Crippen molar-refractivity contribution in [1.29, 1.82) is 0 Å². The fraction of sp³-hybridized carbons (Fsp3) is 0.778. The quantitative estimate of drug-likeness (QED) is 0.802. The van der Waals surface area contributed by atoms with Gasteiger partial charge < -0.3 is 10.6 Å². The number of hydrogen-bond acceptors (Lipinski definition) is 3. The van der Waals surface area contributed by atoms with Gasteiger partial charge >= 0.3 is 0 Å². The Balaban J connectivity index is 1.50. The van der Waals surface area contributed by atoms with Gasteiger partial charge in [0.25, 0.3) is 5.91 Å². The standard InChI is InChI=1S/C18H30N4O/c1-18(2,3)13-6-4-12(5-7-13)10-20-17(23)16-14-11-19-9-8-15(14)21-22-16/h12-13,19H,4-11H2,1-3H3,(H,20,23)(H,21,22). The van der Waals surface area contributed by atoms with Gasteiger partial charge in [0.05, 0.1) is 0 Å². The lowest BCUT2D eigenvalue weighted by molar-refractivity contribution is 0.0925. The molecular formula is C18H30N4O. The molecule has 1 aliphatic heterocycles. The Morgan fingerprint density at radius 2 is 2.00 bits per heavy atom. The number of aromatic amines is 1. The van der Waals surface area contributed by atoms with E-state index in [9.17, 15) is 4.79 Å². The van der Waals surface area contributed by atoms with E-state index in [-0.39, 0.29) is 5.91 Å². The molecule has 0 radical (unpaired) electrons. The Kier molecular flexibility index (Phi) is 4.76. The largest absolute Gasteiger partial charge is 0.350 e. The molecule has 5 heteroatoms. The molecule has 1 saturated carbocycles. The first kappa shape index (κ1) is 16.5. The summed E-state index contributed by atoms with van der Waals surface area (Å²) in [5, 5.41) is 13.7. The van der Waals surface area contributed by atoms with Crippen LogP contribution in [0.5, 0.6) is 0 Å². The van der Waals surface area contributed by atoms with Gasteiger partial charge in [0.2, 0.25) is 0 Å². The highest BCUT2D eigenvalue weighted by atomic mass is 16.1. The molecule has 0 spiro atoms. The molecule has 0 atom stereocenters. The normalized spacial score (nSPS) is 25.0. The van der Waals surface area contributed by atoms with E-state index < -0.39 is 0 Å². The lowest BCUT2D eigenvalue weighted by Crippen LogP contribution is -2.34. The average molecular weight is 318 g/mol. The van der Waals surface area contributed by atoms with Gasteiger partial charge in [-0.2, -0.15) is 5.10 Å². The molecule has 3 rings (SSSR count). The maximum atomic E-state index is 12.4. The monoisotopic (exact) mass is 318 g/mol. The molecule has 23 heavy (non-hydrogen) atoms. The van der Waals surface area contributed by atoms with E-state index in [0.717, 1.165) is 43.2 Å².